The second-order valence-electron chi connectivity index (χ2n) is 6.41. The van der Waals surface area contributed by atoms with E-state index in [-0.39, 0.29) is 11.3 Å². The van der Waals surface area contributed by atoms with E-state index in [1.807, 2.05) is 20.8 Å². The number of nitrogens with one attached hydrogen (secondary N) is 1. The number of hydrogen-bond donors (Lipinski definition) is 1. The lowest BCUT2D eigenvalue weighted by Gasteiger charge is -2.30. The molecule has 1 saturated heterocycles. The first-order valence-corrected chi connectivity index (χ1v) is 6.90. The van der Waals surface area contributed by atoms with E-state index in [2.05, 4.69) is 17.1 Å². The highest BCUT2D eigenvalue weighted by Gasteiger charge is 2.20. The zero-order chi connectivity index (χ0) is 12.9. The summed E-state index contributed by atoms with van der Waals surface area (Å²) in [7, 11) is 0. The van der Waals surface area contributed by atoms with Crippen molar-refractivity contribution in [2.75, 3.05) is 26.2 Å². The van der Waals surface area contributed by atoms with Gasteiger partial charge in [-0.05, 0) is 38.3 Å². The van der Waals surface area contributed by atoms with Gasteiger partial charge in [-0.15, -0.1) is 0 Å². The van der Waals surface area contributed by atoms with Gasteiger partial charge in [-0.3, -0.25) is 4.79 Å². The molecule has 100 valence electrons. The van der Waals surface area contributed by atoms with Gasteiger partial charge in [0.05, 0.1) is 0 Å². The van der Waals surface area contributed by atoms with Crippen LogP contribution >= 0.6 is 0 Å². The Labute approximate surface area is 106 Å². The van der Waals surface area contributed by atoms with E-state index in [0.29, 0.717) is 0 Å². The lowest BCUT2D eigenvalue weighted by atomic mass is 9.96. The summed E-state index contributed by atoms with van der Waals surface area (Å²) in [6.45, 7) is 12.6. The van der Waals surface area contributed by atoms with Crippen LogP contribution in [0.25, 0.3) is 0 Å². The maximum atomic E-state index is 11.6. The van der Waals surface area contributed by atoms with Gasteiger partial charge in [0.25, 0.3) is 0 Å². The Hall–Kier alpha value is -0.570. The summed E-state index contributed by atoms with van der Waals surface area (Å²) < 4.78 is 0. The van der Waals surface area contributed by atoms with Crippen LogP contribution in [-0.4, -0.2) is 37.0 Å². The largest absolute Gasteiger partial charge is 0.356 e. The zero-order valence-corrected chi connectivity index (χ0v) is 11.9. The maximum Gasteiger partial charge on any atom is 0.225 e. The smallest absolute Gasteiger partial charge is 0.225 e. The Bertz CT molecular complexity index is 245. The molecule has 0 aromatic rings. The Morgan fingerprint density at radius 3 is 2.71 bits per heavy atom. The monoisotopic (exact) mass is 240 g/mol. The number of likely N-dealkylation sites (tertiary alicyclic amines) is 1. The molecule has 0 aromatic heterocycles. The molecule has 1 atom stereocenters. The number of rotatable bonds is 4. The molecule has 3 nitrogen and oxygen atoms in total. The molecule has 0 unspecified atom stereocenters. The fourth-order valence-corrected chi connectivity index (χ4v) is 2.26. The summed E-state index contributed by atoms with van der Waals surface area (Å²) >= 11 is 0. The van der Waals surface area contributed by atoms with Crippen molar-refractivity contribution in [3.63, 3.8) is 0 Å². The quantitative estimate of drug-likeness (QED) is 0.765. The van der Waals surface area contributed by atoms with Crippen molar-refractivity contribution in [3.8, 4) is 0 Å². The minimum atomic E-state index is -0.264. The Balaban J connectivity index is 2.10. The van der Waals surface area contributed by atoms with Gasteiger partial charge in [0.1, 0.15) is 0 Å². The molecule has 1 heterocycles. The van der Waals surface area contributed by atoms with Crippen LogP contribution in [0.15, 0.2) is 0 Å². The average Bonchev–Trinajstić information content (AvgIpc) is 2.23. The Kier molecular flexibility index (Phi) is 5.44. The highest BCUT2D eigenvalue weighted by Crippen LogP contribution is 2.15. The van der Waals surface area contributed by atoms with Gasteiger partial charge in [-0.2, -0.15) is 0 Å². The summed E-state index contributed by atoms with van der Waals surface area (Å²) in [5.41, 5.74) is -0.264. The van der Waals surface area contributed by atoms with Crippen molar-refractivity contribution in [1.29, 1.82) is 0 Å². The molecule has 0 aliphatic carbocycles. The first kappa shape index (κ1) is 14.5. The number of hydrogen-bond acceptors (Lipinski definition) is 2. The van der Waals surface area contributed by atoms with Crippen LogP contribution in [-0.2, 0) is 4.79 Å². The SMILES string of the molecule is C[C@@H]1CCCN(CCCNC(=O)C(C)(C)C)C1. The van der Waals surface area contributed by atoms with Gasteiger partial charge >= 0.3 is 0 Å². The standard InChI is InChI=1S/C14H28N2O/c1-12-7-5-9-16(11-12)10-6-8-15-13(17)14(2,3)4/h12H,5-11H2,1-4H3,(H,15,17)/t12-/m1/s1. The van der Waals surface area contributed by atoms with Crippen LogP contribution < -0.4 is 5.32 Å². The molecule has 1 aliphatic heterocycles. The van der Waals surface area contributed by atoms with Gasteiger partial charge in [-0.25, -0.2) is 0 Å². The lowest BCUT2D eigenvalue weighted by Crippen LogP contribution is -2.38. The highest BCUT2D eigenvalue weighted by molar-refractivity contribution is 5.81. The molecule has 3 heteroatoms. The summed E-state index contributed by atoms with van der Waals surface area (Å²) in [5, 5.41) is 3.01. The molecule has 17 heavy (non-hydrogen) atoms. The van der Waals surface area contributed by atoms with E-state index in [4.69, 9.17) is 0 Å². The van der Waals surface area contributed by atoms with E-state index in [1.54, 1.807) is 0 Å². The van der Waals surface area contributed by atoms with Gasteiger partial charge in [0.2, 0.25) is 5.91 Å². The first-order valence-electron chi connectivity index (χ1n) is 6.90. The third kappa shape index (κ3) is 5.53. The normalized spacial score (nSPS) is 22.5. The maximum absolute atomic E-state index is 11.6. The number of piperidine rings is 1. The van der Waals surface area contributed by atoms with Crippen LogP contribution in [0.4, 0.5) is 0 Å². The predicted octanol–water partition coefficient (Wildman–Crippen LogP) is 2.27. The van der Waals surface area contributed by atoms with Crippen molar-refractivity contribution in [3.05, 3.63) is 0 Å². The van der Waals surface area contributed by atoms with Crippen LogP contribution in [0.5, 0.6) is 0 Å². The lowest BCUT2D eigenvalue weighted by molar-refractivity contribution is -0.128. The summed E-state index contributed by atoms with van der Waals surface area (Å²) in [5.74, 6) is 0.998. The third-order valence-corrected chi connectivity index (χ3v) is 3.36. The van der Waals surface area contributed by atoms with Crippen molar-refractivity contribution < 1.29 is 4.79 Å². The number of carbonyl (C=O) groups is 1. The van der Waals surface area contributed by atoms with Gasteiger partial charge in [0.15, 0.2) is 0 Å². The Morgan fingerprint density at radius 2 is 2.12 bits per heavy atom. The number of carbonyl (C=O) groups excluding carboxylic acids is 1. The summed E-state index contributed by atoms with van der Waals surface area (Å²) in [4.78, 5) is 14.2. The summed E-state index contributed by atoms with van der Waals surface area (Å²) in [6, 6.07) is 0. The average molecular weight is 240 g/mol. The van der Waals surface area contributed by atoms with E-state index >= 15 is 0 Å². The zero-order valence-electron chi connectivity index (χ0n) is 11.9. The van der Waals surface area contributed by atoms with Crippen LogP contribution in [0, 0.1) is 11.3 Å². The number of amides is 1. The molecule has 1 fully saturated rings. The predicted molar refractivity (Wildman–Crippen MR) is 71.9 cm³/mol. The fourth-order valence-electron chi connectivity index (χ4n) is 2.26. The first-order chi connectivity index (χ1) is 7.89. The van der Waals surface area contributed by atoms with E-state index in [1.165, 1.54) is 25.9 Å². The highest BCUT2D eigenvalue weighted by atomic mass is 16.2. The van der Waals surface area contributed by atoms with E-state index < -0.39 is 0 Å². The third-order valence-electron chi connectivity index (χ3n) is 3.36. The Morgan fingerprint density at radius 1 is 1.41 bits per heavy atom. The van der Waals surface area contributed by atoms with Crippen molar-refractivity contribution >= 4 is 5.91 Å². The molecule has 1 amide bonds. The van der Waals surface area contributed by atoms with Crippen molar-refractivity contribution in [1.82, 2.24) is 10.2 Å². The number of nitrogens with zero attached hydrogens (tertiary/aromatic N) is 1. The molecule has 0 spiro atoms. The topological polar surface area (TPSA) is 32.3 Å². The molecular weight excluding hydrogens is 212 g/mol. The molecule has 0 radical (unpaired) electrons. The van der Waals surface area contributed by atoms with Crippen molar-refractivity contribution in [2.45, 2.75) is 47.0 Å². The molecular formula is C14H28N2O. The van der Waals surface area contributed by atoms with Crippen LogP contribution in [0.1, 0.15) is 47.0 Å². The second kappa shape index (κ2) is 6.39. The van der Waals surface area contributed by atoms with E-state index in [0.717, 1.165) is 25.4 Å². The minimum absolute atomic E-state index is 0.157. The molecule has 0 bridgehead atoms. The molecule has 0 saturated carbocycles. The van der Waals surface area contributed by atoms with Crippen LogP contribution in [0.3, 0.4) is 0 Å². The van der Waals surface area contributed by atoms with Gasteiger partial charge in [0, 0.05) is 18.5 Å². The van der Waals surface area contributed by atoms with E-state index in [9.17, 15) is 4.79 Å². The summed E-state index contributed by atoms with van der Waals surface area (Å²) in [6.07, 6.45) is 3.77. The van der Waals surface area contributed by atoms with Crippen molar-refractivity contribution in [2.24, 2.45) is 11.3 Å². The molecule has 1 N–H and O–H groups in total. The fraction of sp³-hybridized carbons (Fsp3) is 0.929. The molecule has 1 aliphatic rings. The van der Waals surface area contributed by atoms with Crippen LogP contribution in [0.2, 0.25) is 0 Å². The minimum Gasteiger partial charge on any atom is -0.356 e. The molecule has 0 aromatic carbocycles. The van der Waals surface area contributed by atoms with Gasteiger partial charge in [-0.1, -0.05) is 27.7 Å². The van der Waals surface area contributed by atoms with Gasteiger partial charge < -0.3 is 10.2 Å². The second-order valence-corrected chi connectivity index (χ2v) is 6.41. The molecule has 1 rings (SSSR count).